The lowest BCUT2D eigenvalue weighted by Gasteiger charge is -2.22. The van der Waals surface area contributed by atoms with Crippen molar-refractivity contribution in [2.75, 3.05) is 0 Å². The van der Waals surface area contributed by atoms with Crippen molar-refractivity contribution in [2.24, 2.45) is 5.92 Å². The zero-order valence-electron chi connectivity index (χ0n) is 16.0. The molecule has 3 unspecified atom stereocenters. The molecule has 142 valence electrons. The summed E-state index contributed by atoms with van der Waals surface area (Å²) >= 11 is 0. The summed E-state index contributed by atoms with van der Waals surface area (Å²) in [4.78, 5) is 5.77. The predicted octanol–water partition coefficient (Wildman–Crippen LogP) is 5.90. The van der Waals surface area contributed by atoms with Crippen LogP contribution in [-0.2, 0) is 6.42 Å². The number of thiophene rings is 1. The Morgan fingerprint density at radius 2 is 1.93 bits per heavy atom. The van der Waals surface area contributed by atoms with Gasteiger partial charge in [-0.25, -0.2) is 4.98 Å². The standard InChI is InChI=1S/C23H29N2OS/c1-18(23(26)20-10-6-3-7-11-20)16-22-21(19-8-4-2-5-9-19)12-15-27(22)25-14-13-24-17-25/h3,6-7,10-15,17-19,23,26H,2,4-5,8-9,16H2,1H3/q+1. The average molecular weight is 382 g/mol. The summed E-state index contributed by atoms with van der Waals surface area (Å²) in [6.07, 6.45) is 13.0. The molecule has 0 spiro atoms. The lowest BCUT2D eigenvalue weighted by Crippen LogP contribution is -2.14. The summed E-state index contributed by atoms with van der Waals surface area (Å²) < 4.78 is 2.23. The van der Waals surface area contributed by atoms with E-state index in [0.717, 1.165) is 12.0 Å². The van der Waals surface area contributed by atoms with Crippen molar-refractivity contribution in [2.45, 2.75) is 57.5 Å². The third kappa shape index (κ3) is 4.02. The molecule has 1 N–H and O–H groups in total. The molecule has 3 nitrogen and oxygen atoms in total. The van der Waals surface area contributed by atoms with Crippen LogP contribution in [0.1, 0.15) is 67.1 Å². The number of rotatable bonds is 6. The van der Waals surface area contributed by atoms with Gasteiger partial charge in [0.15, 0.2) is 10.3 Å². The smallest absolute Gasteiger partial charge is 0.182 e. The molecule has 3 atom stereocenters. The third-order valence-electron chi connectivity index (χ3n) is 5.89. The van der Waals surface area contributed by atoms with Gasteiger partial charge < -0.3 is 5.11 Å². The summed E-state index contributed by atoms with van der Waals surface area (Å²) in [5, 5.41) is 13.3. The fourth-order valence-corrected chi connectivity index (χ4v) is 6.44. The Morgan fingerprint density at radius 3 is 2.63 bits per heavy atom. The average Bonchev–Trinajstić information content (AvgIpc) is 3.38. The fourth-order valence-electron chi connectivity index (χ4n) is 4.36. The maximum absolute atomic E-state index is 10.9. The van der Waals surface area contributed by atoms with E-state index in [-0.39, 0.29) is 16.6 Å². The Hall–Kier alpha value is -1.91. The summed E-state index contributed by atoms with van der Waals surface area (Å²) in [5.41, 5.74) is 2.55. The number of nitrogens with zero attached hydrogens (tertiary/aromatic N) is 2. The lowest BCUT2D eigenvalue weighted by atomic mass is 9.83. The quantitative estimate of drug-likeness (QED) is 0.540. The van der Waals surface area contributed by atoms with Gasteiger partial charge in [-0.3, -0.25) is 0 Å². The first-order chi connectivity index (χ1) is 13.2. The molecule has 1 fully saturated rings. The van der Waals surface area contributed by atoms with Gasteiger partial charge in [-0.1, -0.05) is 56.5 Å². The van der Waals surface area contributed by atoms with Crippen LogP contribution in [-0.4, -0.2) is 14.1 Å². The molecular formula is C23H29N2OS+. The molecule has 1 aromatic carbocycles. The van der Waals surface area contributed by atoms with Crippen molar-refractivity contribution in [1.29, 1.82) is 0 Å². The Balaban J connectivity index is 1.64. The van der Waals surface area contributed by atoms with E-state index < -0.39 is 6.10 Å². The highest BCUT2D eigenvalue weighted by Crippen LogP contribution is 2.42. The van der Waals surface area contributed by atoms with E-state index in [1.807, 2.05) is 42.9 Å². The van der Waals surface area contributed by atoms with E-state index in [9.17, 15) is 5.11 Å². The third-order valence-corrected chi connectivity index (χ3v) is 7.86. The van der Waals surface area contributed by atoms with Crippen LogP contribution < -0.4 is 0 Å². The van der Waals surface area contributed by atoms with Gasteiger partial charge in [0.05, 0.1) is 18.5 Å². The van der Waals surface area contributed by atoms with E-state index in [0.29, 0.717) is 5.92 Å². The molecule has 0 bridgehead atoms. The van der Waals surface area contributed by atoms with Crippen LogP contribution in [0.2, 0.25) is 0 Å². The number of hydrogen-bond acceptors (Lipinski definition) is 2. The minimum atomic E-state index is -0.430. The van der Waals surface area contributed by atoms with E-state index in [1.54, 1.807) is 5.56 Å². The van der Waals surface area contributed by atoms with Crippen LogP contribution in [0, 0.1) is 5.92 Å². The molecule has 1 aliphatic rings. The van der Waals surface area contributed by atoms with Gasteiger partial charge in [-0.15, -0.1) is 3.97 Å². The van der Waals surface area contributed by atoms with Crippen LogP contribution in [0.25, 0.3) is 0 Å². The van der Waals surface area contributed by atoms with Gasteiger partial charge in [0.2, 0.25) is 0 Å². The first kappa shape index (κ1) is 18.5. The summed E-state index contributed by atoms with van der Waals surface area (Å²) in [7, 11) is -0.0805. The molecule has 2 aromatic heterocycles. The molecule has 2 heterocycles. The van der Waals surface area contributed by atoms with Gasteiger partial charge in [-0.2, -0.15) is 0 Å². The minimum Gasteiger partial charge on any atom is -0.388 e. The molecule has 27 heavy (non-hydrogen) atoms. The molecule has 0 aliphatic heterocycles. The number of benzene rings is 1. The zero-order chi connectivity index (χ0) is 18.6. The van der Waals surface area contributed by atoms with Crippen molar-refractivity contribution >= 4 is 10.7 Å². The summed E-state index contributed by atoms with van der Waals surface area (Å²) in [5.74, 6) is 0.867. The molecule has 1 saturated carbocycles. The zero-order valence-corrected chi connectivity index (χ0v) is 16.8. The number of aromatic nitrogens is 2. The maximum Gasteiger partial charge on any atom is 0.182 e. The number of aliphatic hydroxyl groups is 1. The van der Waals surface area contributed by atoms with Crippen LogP contribution in [0.3, 0.4) is 0 Å². The molecule has 4 rings (SSSR count). The van der Waals surface area contributed by atoms with Gasteiger partial charge in [0.1, 0.15) is 17.0 Å². The van der Waals surface area contributed by atoms with Crippen molar-refractivity contribution < 1.29 is 5.11 Å². The van der Waals surface area contributed by atoms with E-state index >= 15 is 0 Å². The molecular weight excluding hydrogens is 352 g/mol. The summed E-state index contributed by atoms with van der Waals surface area (Å²) in [6, 6.07) is 12.4. The number of imidazole rings is 1. The van der Waals surface area contributed by atoms with E-state index in [1.165, 1.54) is 37.0 Å². The monoisotopic (exact) mass is 381 g/mol. The van der Waals surface area contributed by atoms with E-state index in [4.69, 9.17) is 0 Å². The van der Waals surface area contributed by atoms with Crippen molar-refractivity contribution in [3.8, 4) is 0 Å². The van der Waals surface area contributed by atoms with Gasteiger partial charge in [-0.05, 0) is 30.2 Å². The van der Waals surface area contributed by atoms with E-state index in [2.05, 4.69) is 33.5 Å². The largest absolute Gasteiger partial charge is 0.388 e. The van der Waals surface area contributed by atoms with Crippen LogP contribution in [0.15, 0.2) is 60.5 Å². The van der Waals surface area contributed by atoms with Crippen LogP contribution in [0.4, 0.5) is 0 Å². The predicted molar refractivity (Wildman–Crippen MR) is 112 cm³/mol. The molecule has 3 aromatic rings. The maximum atomic E-state index is 10.9. The fraction of sp³-hybridized carbons (Fsp3) is 0.435. The van der Waals surface area contributed by atoms with Gasteiger partial charge in [0, 0.05) is 18.1 Å². The van der Waals surface area contributed by atoms with Crippen LogP contribution in [0.5, 0.6) is 0 Å². The molecule has 0 amide bonds. The molecule has 0 radical (unpaired) electrons. The Labute approximate surface area is 164 Å². The first-order valence-corrected chi connectivity index (χ1v) is 11.3. The molecule has 0 saturated heterocycles. The second kappa shape index (κ2) is 8.41. The Bertz CT molecular complexity index is 835. The van der Waals surface area contributed by atoms with Crippen molar-refractivity contribution in [1.82, 2.24) is 8.96 Å². The lowest BCUT2D eigenvalue weighted by molar-refractivity contribution is 0.118. The Kier molecular flexibility index (Phi) is 5.74. The summed E-state index contributed by atoms with van der Waals surface area (Å²) in [6.45, 7) is 2.18. The number of aliphatic hydroxyl groups excluding tert-OH is 1. The van der Waals surface area contributed by atoms with Crippen molar-refractivity contribution in [3.05, 3.63) is 76.5 Å². The van der Waals surface area contributed by atoms with Gasteiger partial charge in [0.25, 0.3) is 0 Å². The highest BCUT2D eigenvalue weighted by Gasteiger charge is 2.31. The highest BCUT2D eigenvalue weighted by molar-refractivity contribution is 7.28. The second-order valence-corrected chi connectivity index (χ2v) is 9.61. The van der Waals surface area contributed by atoms with Crippen molar-refractivity contribution in [3.63, 3.8) is 0 Å². The van der Waals surface area contributed by atoms with Gasteiger partial charge >= 0.3 is 0 Å². The second-order valence-electron chi connectivity index (χ2n) is 7.79. The first-order valence-electron chi connectivity index (χ1n) is 10.1. The topological polar surface area (TPSA) is 38.0 Å². The van der Waals surface area contributed by atoms with Crippen LogP contribution >= 0.6 is 10.7 Å². The molecule has 4 heteroatoms. The normalized spacial score (nSPS) is 18.4. The minimum absolute atomic E-state index is 0.0805. The number of hydrogen-bond donors (Lipinski definition) is 1. The highest BCUT2D eigenvalue weighted by atomic mass is 32.2. The Morgan fingerprint density at radius 1 is 1.15 bits per heavy atom. The molecule has 1 aliphatic carbocycles. The SMILES string of the molecule is CC(Cc1c(C2CCCCC2)cc[s+]1-n1ccnc1)C(O)c1ccccc1.